The van der Waals surface area contributed by atoms with E-state index in [1.54, 1.807) is 0 Å². The summed E-state index contributed by atoms with van der Waals surface area (Å²) in [6.07, 6.45) is 12.0. The zero-order chi connectivity index (χ0) is 9.52. The van der Waals surface area contributed by atoms with Crippen LogP contribution in [-0.4, -0.2) is 13.1 Å². The first-order valence-electron chi connectivity index (χ1n) is 5.68. The van der Waals surface area contributed by atoms with Gasteiger partial charge in [-0.05, 0) is 25.8 Å². The molecule has 1 unspecified atom stereocenters. The number of likely N-dealkylation sites (N-methyl/N-ethyl adjacent to an activating group) is 1. The minimum atomic E-state index is 0.540. The smallest absolute Gasteiger partial charge is 0.0272 e. The van der Waals surface area contributed by atoms with Gasteiger partial charge in [-0.15, -0.1) is 6.58 Å². The van der Waals surface area contributed by atoms with Crippen LogP contribution in [0.5, 0.6) is 0 Å². The van der Waals surface area contributed by atoms with Crippen molar-refractivity contribution in [2.75, 3.05) is 7.05 Å². The van der Waals surface area contributed by atoms with Gasteiger partial charge in [0.2, 0.25) is 0 Å². The molecule has 1 heteroatoms. The van der Waals surface area contributed by atoms with Gasteiger partial charge in [0.25, 0.3) is 0 Å². The van der Waals surface area contributed by atoms with Crippen LogP contribution < -0.4 is 5.32 Å². The lowest BCUT2D eigenvalue weighted by atomic mass is 9.86. The van der Waals surface area contributed by atoms with Gasteiger partial charge in [0.15, 0.2) is 0 Å². The zero-order valence-electron chi connectivity index (χ0n) is 8.89. The van der Waals surface area contributed by atoms with Crippen molar-refractivity contribution in [2.24, 2.45) is 5.92 Å². The molecule has 1 nitrogen and oxygen atoms in total. The highest BCUT2D eigenvalue weighted by atomic mass is 14.9. The van der Waals surface area contributed by atoms with Crippen LogP contribution in [-0.2, 0) is 0 Å². The second-order valence-corrected chi connectivity index (χ2v) is 4.16. The van der Waals surface area contributed by atoms with Crippen molar-refractivity contribution in [3.63, 3.8) is 0 Å². The molecule has 0 amide bonds. The van der Waals surface area contributed by atoms with E-state index in [1.807, 2.05) is 7.05 Å². The molecule has 0 saturated heterocycles. The Balaban J connectivity index is 2.39. The Kier molecular flexibility index (Phi) is 5.14. The molecule has 0 aliphatic heterocycles. The summed E-state index contributed by atoms with van der Waals surface area (Å²) >= 11 is 0. The first-order valence-corrected chi connectivity index (χ1v) is 5.68. The van der Waals surface area contributed by atoms with Crippen molar-refractivity contribution in [3.05, 3.63) is 12.7 Å². The molecule has 1 saturated carbocycles. The zero-order valence-corrected chi connectivity index (χ0v) is 8.89. The Morgan fingerprint density at radius 1 is 1.15 bits per heavy atom. The van der Waals surface area contributed by atoms with E-state index in [4.69, 9.17) is 0 Å². The summed E-state index contributed by atoms with van der Waals surface area (Å²) in [4.78, 5) is 0. The Morgan fingerprint density at radius 3 is 2.15 bits per heavy atom. The van der Waals surface area contributed by atoms with Gasteiger partial charge < -0.3 is 5.32 Å². The van der Waals surface area contributed by atoms with E-state index in [0.717, 1.165) is 5.92 Å². The molecule has 0 heterocycles. The van der Waals surface area contributed by atoms with Crippen molar-refractivity contribution in [1.82, 2.24) is 5.32 Å². The van der Waals surface area contributed by atoms with E-state index in [-0.39, 0.29) is 0 Å². The van der Waals surface area contributed by atoms with Gasteiger partial charge in [0.1, 0.15) is 0 Å². The minimum Gasteiger partial charge on any atom is -0.313 e. The lowest BCUT2D eigenvalue weighted by molar-refractivity contribution is 0.329. The molecule has 76 valence electrons. The standard InChI is InChI=1S/C12H23N/c1-3-12(13-2)11-9-7-5-4-6-8-10-11/h3,11-13H,1,4-10H2,2H3. The molecule has 1 atom stereocenters. The fraction of sp³-hybridized carbons (Fsp3) is 0.833. The summed E-state index contributed by atoms with van der Waals surface area (Å²) in [6.45, 7) is 3.90. The van der Waals surface area contributed by atoms with E-state index >= 15 is 0 Å². The topological polar surface area (TPSA) is 12.0 Å². The van der Waals surface area contributed by atoms with Gasteiger partial charge in [0.05, 0.1) is 0 Å². The minimum absolute atomic E-state index is 0.540. The first kappa shape index (κ1) is 10.8. The predicted octanol–water partition coefficient (Wildman–Crippen LogP) is 3.12. The summed E-state index contributed by atoms with van der Waals surface area (Å²) in [5.74, 6) is 0.836. The van der Waals surface area contributed by atoms with Crippen molar-refractivity contribution in [1.29, 1.82) is 0 Å². The van der Waals surface area contributed by atoms with Crippen LogP contribution >= 0.6 is 0 Å². The van der Waals surface area contributed by atoms with E-state index in [1.165, 1.54) is 44.9 Å². The molecule has 0 aromatic rings. The number of nitrogens with one attached hydrogen (secondary N) is 1. The normalized spacial score (nSPS) is 23.2. The lowest BCUT2D eigenvalue weighted by Crippen LogP contribution is -2.31. The number of hydrogen-bond acceptors (Lipinski definition) is 1. The lowest BCUT2D eigenvalue weighted by Gasteiger charge is -2.25. The highest BCUT2D eigenvalue weighted by molar-refractivity contribution is 4.90. The van der Waals surface area contributed by atoms with Crippen LogP contribution in [0, 0.1) is 5.92 Å². The van der Waals surface area contributed by atoms with Crippen LogP contribution in [0.1, 0.15) is 44.9 Å². The summed E-state index contributed by atoms with van der Waals surface area (Å²) in [7, 11) is 2.05. The maximum Gasteiger partial charge on any atom is 0.0272 e. The molecule has 1 aliphatic carbocycles. The monoisotopic (exact) mass is 181 g/mol. The second-order valence-electron chi connectivity index (χ2n) is 4.16. The number of rotatable bonds is 3. The van der Waals surface area contributed by atoms with Crippen molar-refractivity contribution in [3.8, 4) is 0 Å². The molecule has 0 aromatic heterocycles. The quantitative estimate of drug-likeness (QED) is 0.660. The fourth-order valence-corrected chi connectivity index (χ4v) is 2.39. The average molecular weight is 181 g/mol. The largest absolute Gasteiger partial charge is 0.313 e. The summed E-state index contributed by atoms with van der Waals surface area (Å²) < 4.78 is 0. The average Bonchev–Trinajstić information content (AvgIpc) is 2.09. The van der Waals surface area contributed by atoms with Crippen LogP contribution in [0.25, 0.3) is 0 Å². The maximum absolute atomic E-state index is 3.90. The molecular weight excluding hydrogens is 158 g/mol. The molecule has 1 aliphatic rings. The molecule has 0 spiro atoms. The second kappa shape index (κ2) is 6.20. The van der Waals surface area contributed by atoms with Gasteiger partial charge in [0, 0.05) is 6.04 Å². The van der Waals surface area contributed by atoms with Crippen LogP contribution in [0.15, 0.2) is 12.7 Å². The highest BCUT2D eigenvalue weighted by Gasteiger charge is 2.17. The summed E-state index contributed by atoms with van der Waals surface area (Å²) in [5.41, 5.74) is 0. The highest BCUT2D eigenvalue weighted by Crippen LogP contribution is 2.25. The molecule has 1 rings (SSSR count). The van der Waals surface area contributed by atoms with Crippen molar-refractivity contribution in [2.45, 2.75) is 51.0 Å². The SMILES string of the molecule is C=CC(NC)C1CCCCCCC1. The molecule has 0 bridgehead atoms. The van der Waals surface area contributed by atoms with Crippen molar-refractivity contribution < 1.29 is 0 Å². The predicted molar refractivity (Wildman–Crippen MR) is 58.9 cm³/mol. The Morgan fingerprint density at radius 2 is 1.69 bits per heavy atom. The van der Waals surface area contributed by atoms with Crippen LogP contribution in [0.3, 0.4) is 0 Å². The van der Waals surface area contributed by atoms with E-state index < -0.39 is 0 Å². The molecule has 13 heavy (non-hydrogen) atoms. The third-order valence-electron chi connectivity index (χ3n) is 3.24. The molecular formula is C12H23N. The Labute approximate surface area is 82.6 Å². The third-order valence-corrected chi connectivity index (χ3v) is 3.24. The Bertz CT molecular complexity index is 134. The van der Waals surface area contributed by atoms with Crippen molar-refractivity contribution >= 4 is 0 Å². The number of hydrogen-bond donors (Lipinski definition) is 1. The maximum atomic E-state index is 3.90. The molecule has 1 N–H and O–H groups in total. The summed E-state index contributed by atoms with van der Waals surface area (Å²) in [6, 6.07) is 0.540. The Hall–Kier alpha value is -0.300. The third kappa shape index (κ3) is 3.51. The van der Waals surface area contributed by atoms with Gasteiger partial charge in [-0.25, -0.2) is 0 Å². The molecule has 1 fully saturated rings. The summed E-state index contributed by atoms with van der Waals surface area (Å²) in [5, 5.41) is 3.35. The van der Waals surface area contributed by atoms with E-state index in [2.05, 4.69) is 18.0 Å². The fourth-order valence-electron chi connectivity index (χ4n) is 2.39. The van der Waals surface area contributed by atoms with Gasteiger partial charge in [-0.3, -0.25) is 0 Å². The van der Waals surface area contributed by atoms with Gasteiger partial charge >= 0.3 is 0 Å². The molecule has 0 radical (unpaired) electrons. The van der Waals surface area contributed by atoms with Gasteiger partial charge in [-0.1, -0.05) is 38.2 Å². The van der Waals surface area contributed by atoms with Crippen LogP contribution in [0.4, 0.5) is 0 Å². The van der Waals surface area contributed by atoms with Crippen LogP contribution in [0.2, 0.25) is 0 Å². The first-order chi connectivity index (χ1) is 6.38. The van der Waals surface area contributed by atoms with E-state index in [9.17, 15) is 0 Å². The molecule has 0 aromatic carbocycles. The van der Waals surface area contributed by atoms with E-state index in [0.29, 0.717) is 6.04 Å². The van der Waals surface area contributed by atoms with Gasteiger partial charge in [-0.2, -0.15) is 0 Å².